The molecule has 0 aliphatic heterocycles. The zero-order valence-electron chi connectivity index (χ0n) is 11.5. The van der Waals surface area contributed by atoms with E-state index in [1.807, 2.05) is 18.2 Å². The van der Waals surface area contributed by atoms with Gasteiger partial charge in [-0.05, 0) is 24.9 Å². The van der Waals surface area contributed by atoms with Crippen LogP contribution in [0.1, 0.15) is 43.7 Å². The van der Waals surface area contributed by atoms with Gasteiger partial charge in [0.2, 0.25) is 0 Å². The summed E-state index contributed by atoms with van der Waals surface area (Å²) in [7, 11) is 0. The van der Waals surface area contributed by atoms with Gasteiger partial charge in [0.05, 0.1) is 0 Å². The van der Waals surface area contributed by atoms with Gasteiger partial charge in [-0.2, -0.15) is 0 Å². The Hall–Kier alpha value is -1.55. The van der Waals surface area contributed by atoms with Crippen LogP contribution in [0.4, 0.5) is 0 Å². The maximum absolute atomic E-state index is 8.86. The van der Waals surface area contributed by atoms with Gasteiger partial charge in [-0.25, -0.2) is 0 Å². The van der Waals surface area contributed by atoms with Gasteiger partial charge in [0, 0.05) is 18.2 Å². The van der Waals surface area contributed by atoms with Crippen molar-refractivity contribution in [2.24, 2.45) is 10.9 Å². The molecule has 0 radical (unpaired) electrons. The smallest absolute Gasteiger partial charge is 0.170 e. The van der Waals surface area contributed by atoms with Crippen molar-refractivity contribution in [1.82, 2.24) is 4.90 Å². The predicted molar refractivity (Wildman–Crippen MR) is 77.3 cm³/mol. The Kier molecular flexibility index (Phi) is 4.80. The van der Waals surface area contributed by atoms with E-state index in [0.717, 1.165) is 24.2 Å². The van der Waals surface area contributed by atoms with Gasteiger partial charge >= 0.3 is 0 Å². The largest absolute Gasteiger partial charge is 0.409 e. The zero-order chi connectivity index (χ0) is 13.7. The SMILES string of the molecule is CCN(Cc1ccccc1/C(N)=N/O)C1CCCC1. The molecule has 3 N–H and O–H groups in total. The third-order valence-corrected chi connectivity index (χ3v) is 4.02. The van der Waals surface area contributed by atoms with Gasteiger partial charge in [0.1, 0.15) is 0 Å². The molecule has 0 atom stereocenters. The van der Waals surface area contributed by atoms with Crippen LogP contribution in [-0.2, 0) is 6.54 Å². The van der Waals surface area contributed by atoms with E-state index in [1.165, 1.54) is 25.7 Å². The van der Waals surface area contributed by atoms with Crippen LogP contribution in [0.2, 0.25) is 0 Å². The van der Waals surface area contributed by atoms with Gasteiger partial charge in [-0.1, -0.05) is 49.2 Å². The molecular formula is C15H23N3O. The van der Waals surface area contributed by atoms with Crippen LogP contribution in [0.3, 0.4) is 0 Å². The minimum Gasteiger partial charge on any atom is -0.409 e. The van der Waals surface area contributed by atoms with E-state index < -0.39 is 0 Å². The van der Waals surface area contributed by atoms with Crippen molar-refractivity contribution in [1.29, 1.82) is 0 Å². The first kappa shape index (κ1) is 13.9. The lowest BCUT2D eigenvalue weighted by Crippen LogP contribution is -2.33. The number of benzene rings is 1. The van der Waals surface area contributed by atoms with Gasteiger partial charge in [-0.15, -0.1) is 0 Å². The molecule has 1 aromatic rings. The van der Waals surface area contributed by atoms with Crippen molar-refractivity contribution in [3.63, 3.8) is 0 Å². The molecule has 19 heavy (non-hydrogen) atoms. The van der Waals surface area contributed by atoms with Crippen LogP contribution in [0.25, 0.3) is 0 Å². The second-order valence-electron chi connectivity index (χ2n) is 5.14. The van der Waals surface area contributed by atoms with E-state index >= 15 is 0 Å². The van der Waals surface area contributed by atoms with Gasteiger partial charge in [-0.3, -0.25) is 4.90 Å². The molecule has 0 spiro atoms. The molecule has 0 heterocycles. The van der Waals surface area contributed by atoms with Crippen molar-refractivity contribution < 1.29 is 5.21 Å². The van der Waals surface area contributed by atoms with Crippen LogP contribution in [0.5, 0.6) is 0 Å². The molecule has 1 aliphatic rings. The standard InChI is InChI=1S/C15H23N3O/c1-2-18(13-8-4-5-9-13)11-12-7-3-6-10-14(12)15(16)17-19/h3,6-7,10,13,19H,2,4-5,8-9,11H2,1H3,(H2,16,17). The Morgan fingerprint density at radius 1 is 1.37 bits per heavy atom. The summed E-state index contributed by atoms with van der Waals surface area (Å²) in [6.07, 6.45) is 5.26. The highest BCUT2D eigenvalue weighted by molar-refractivity contribution is 5.98. The van der Waals surface area contributed by atoms with Crippen molar-refractivity contribution in [2.75, 3.05) is 6.54 Å². The minimum atomic E-state index is 0.193. The van der Waals surface area contributed by atoms with Crippen molar-refractivity contribution in [2.45, 2.75) is 45.2 Å². The highest BCUT2D eigenvalue weighted by atomic mass is 16.4. The summed E-state index contributed by atoms with van der Waals surface area (Å²) in [6.45, 7) is 4.10. The number of amidine groups is 1. The highest BCUT2D eigenvalue weighted by Gasteiger charge is 2.22. The number of rotatable bonds is 5. The minimum absolute atomic E-state index is 0.193. The third-order valence-electron chi connectivity index (χ3n) is 4.02. The topological polar surface area (TPSA) is 61.8 Å². The lowest BCUT2D eigenvalue weighted by Gasteiger charge is -2.28. The summed E-state index contributed by atoms with van der Waals surface area (Å²) in [5.74, 6) is 0.193. The second kappa shape index (κ2) is 6.57. The lowest BCUT2D eigenvalue weighted by molar-refractivity contribution is 0.200. The molecular weight excluding hydrogens is 238 g/mol. The van der Waals surface area contributed by atoms with Crippen LogP contribution < -0.4 is 5.73 Å². The van der Waals surface area contributed by atoms with E-state index in [4.69, 9.17) is 10.9 Å². The summed E-state index contributed by atoms with van der Waals surface area (Å²) >= 11 is 0. The molecule has 1 aromatic carbocycles. The summed E-state index contributed by atoms with van der Waals surface area (Å²) in [5, 5.41) is 12.0. The number of nitrogens with two attached hydrogens (primary N) is 1. The first-order valence-electron chi connectivity index (χ1n) is 7.06. The zero-order valence-corrected chi connectivity index (χ0v) is 11.5. The number of hydrogen-bond acceptors (Lipinski definition) is 3. The summed E-state index contributed by atoms with van der Waals surface area (Å²) in [6, 6.07) is 8.58. The summed E-state index contributed by atoms with van der Waals surface area (Å²) in [5.41, 5.74) is 7.71. The molecule has 2 rings (SSSR count). The fourth-order valence-electron chi connectivity index (χ4n) is 2.95. The molecule has 0 amide bonds. The van der Waals surface area contributed by atoms with E-state index in [0.29, 0.717) is 6.04 Å². The molecule has 1 saturated carbocycles. The van der Waals surface area contributed by atoms with Crippen molar-refractivity contribution in [3.05, 3.63) is 35.4 Å². The Labute approximate surface area is 114 Å². The monoisotopic (exact) mass is 261 g/mol. The predicted octanol–water partition coefficient (Wildman–Crippen LogP) is 2.55. The average Bonchev–Trinajstić information content (AvgIpc) is 2.98. The Bertz CT molecular complexity index is 439. The number of oxime groups is 1. The van der Waals surface area contributed by atoms with E-state index in [2.05, 4.69) is 23.0 Å². The number of hydrogen-bond donors (Lipinski definition) is 2. The van der Waals surface area contributed by atoms with Gasteiger partial charge in [0.15, 0.2) is 5.84 Å². The number of nitrogens with zero attached hydrogens (tertiary/aromatic N) is 2. The fraction of sp³-hybridized carbons (Fsp3) is 0.533. The molecule has 4 heteroatoms. The van der Waals surface area contributed by atoms with Gasteiger partial charge < -0.3 is 10.9 Å². The van der Waals surface area contributed by atoms with Crippen LogP contribution in [0, 0.1) is 0 Å². The van der Waals surface area contributed by atoms with E-state index in [9.17, 15) is 0 Å². The average molecular weight is 261 g/mol. The third kappa shape index (κ3) is 3.26. The molecule has 0 aromatic heterocycles. The van der Waals surface area contributed by atoms with Crippen LogP contribution in [0.15, 0.2) is 29.4 Å². The maximum atomic E-state index is 8.86. The fourth-order valence-corrected chi connectivity index (χ4v) is 2.95. The molecule has 104 valence electrons. The Morgan fingerprint density at radius 3 is 2.68 bits per heavy atom. The molecule has 1 fully saturated rings. The van der Waals surface area contributed by atoms with Crippen molar-refractivity contribution >= 4 is 5.84 Å². The maximum Gasteiger partial charge on any atom is 0.170 e. The first-order chi connectivity index (χ1) is 9.26. The van der Waals surface area contributed by atoms with E-state index in [1.54, 1.807) is 0 Å². The first-order valence-corrected chi connectivity index (χ1v) is 7.06. The normalized spacial score (nSPS) is 17.3. The quantitative estimate of drug-likeness (QED) is 0.370. The van der Waals surface area contributed by atoms with Crippen LogP contribution >= 0.6 is 0 Å². The molecule has 1 aliphatic carbocycles. The van der Waals surface area contributed by atoms with Crippen molar-refractivity contribution in [3.8, 4) is 0 Å². The Morgan fingerprint density at radius 2 is 2.05 bits per heavy atom. The summed E-state index contributed by atoms with van der Waals surface area (Å²) < 4.78 is 0. The molecule has 0 unspecified atom stereocenters. The van der Waals surface area contributed by atoms with Gasteiger partial charge in [0.25, 0.3) is 0 Å². The van der Waals surface area contributed by atoms with E-state index in [-0.39, 0.29) is 5.84 Å². The van der Waals surface area contributed by atoms with Crippen LogP contribution in [-0.4, -0.2) is 28.5 Å². The highest BCUT2D eigenvalue weighted by Crippen LogP contribution is 2.25. The molecule has 4 nitrogen and oxygen atoms in total. The molecule has 0 saturated heterocycles. The Balaban J connectivity index is 2.17. The lowest BCUT2D eigenvalue weighted by atomic mass is 10.0. The summed E-state index contributed by atoms with van der Waals surface area (Å²) in [4.78, 5) is 2.50. The molecule has 0 bridgehead atoms. The second-order valence-corrected chi connectivity index (χ2v) is 5.14.